The molecule has 1 rings (SSSR count). The third-order valence-corrected chi connectivity index (χ3v) is 3.21. The maximum absolute atomic E-state index is 11.6. The van der Waals surface area contributed by atoms with Gasteiger partial charge in [-0.3, -0.25) is 4.79 Å². The predicted molar refractivity (Wildman–Crippen MR) is 83.8 cm³/mol. The first kappa shape index (κ1) is 17.3. The zero-order valence-electron chi connectivity index (χ0n) is 13.1. The number of nitrogens with one attached hydrogen (secondary N) is 1. The molecule has 0 radical (unpaired) electrons. The average molecular weight is 294 g/mol. The Bertz CT molecular complexity index is 449. The topological polar surface area (TPSA) is 73.6 Å². The van der Waals surface area contributed by atoms with E-state index in [-0.39, 0.29) is 18.6 Å². The molecule has 0 aromatic heterocycles. The monoisotopic (exact) mass is 294 g/mol. The highest BCUT2D eigenvalue weighted by atomic mass is 16.5. The molecule has 0 aliphatic carbocycles. The van der Waals surface area contributed by atoms with Gasteiger partial charge in [-0.25, -0.2) is 0 Å². The van der Waals surface area contributed by atoms with Gasteiger partial charge >= 0.3 is 0 Å². The molecule has 3 N–H and O–H groups in total. The van der Waals surface area contributed by atoms with Crippen LogP contribution in [0.25, 0.3) is 0 Å². The van der Waals surface area contributed by atoms with Crippen LogP contribution < -0.4 is 20.5 Å². The molecule has 0 aliphatic rings. The van der Waals surface area contributed by atoms with Gasteiger partial charge in [-0.15, -0.1) is 0 Å². The lowest BCUT2D eigenvalue weighted by Gasteiger charge is -2.15. The summed E-state index contributed by atoms with van der Waals surface area (Å²) >= 11 is 0. The van der Waals surface area contributed by atoms with E-state index in [0.717, 1.165) is 24.2 Å². The SMILES string of the molecule is CCCNC(=O)COc1ccc(OC)cc1CC(N)CC. The molecule has 5 nitrogen and oxygen atoms in total. The van der Waals surface area contributed by atoms with Crippen molar-refractivity contribution in [1.82, 2.24) is 5.32 Å². The largest absolute Gasteiger partial charge is 0.497 e. The molecule has 0 heterocycles. The summed E-state index contributed by atoms with van der Waals surface area (Å²) < 4.78 is 10.8. The van der Waals surface area contributed by atoms with E-state index >= 15 is 0 Å². The normalized spacial score (nSPS) is 11.8. The summed E-state index contributed by atoms with van der Waals surface area (Å²) in [5, 5.41) is 2.78. The fourth-order valence-corrected chi connectivity index (χ4v) is 1.87. The van der Waals surface area contributed by atoms with Crippen LogP contribution in [0.3, 0.4) is 0 Å². The number of amides is 1. The number of nitrogens with two attached hydrogens (primary N) is 1. The number of carbonyl (C=O) groups excluding carboxylic acids is 1. The number of benzene rings is 1. The standard InChI is InChI=1S/C16H26N2O3/c1-4-8-18-16(19)11-21-15-7-6-14(20-3)10-12(15)9-13(17)5-2/h6-7,10,13H,4-5,8-9,11,17H2,1-3H3,(H,18,19). The van der Waals surface area contributed by atoms with Crippen molar-refractivity contribution in [3.05, 3.63) is 23.8 Å². The molecular formula is C16H26N2O3. The van der Waals surface area contributed by atoms with Gasteiger partial charge in [-0.2, -0.15) is 0 Å². The van der Waals surface area contributed by atoms with E-state index in [4.69, 9.17) is 15.2 Å². The zero-order chi connectivity index (χ0) is 15.7. The van der Waals surface area contributed by atoms with Crippen molar-refractivity contribution in [1.29, 1.82) is 0 Å². The predicted octanol–water partition coefficient (Wildman–Crippen LogP) is 1.88. The minimum atomic E-state index is -0.113. The first-order chi connectivity index (χ1) is 10.1. The van der Waals surface area contributed by atoms with E-state index in [1.165, 1.54) is 0 Å². The number of hydrogen-bond donors (Lipinski definition) is 2. The van der Waals surface area contributed by atoms with Gasteiger partial charge in [0.2, 0.25) is 0 Å². The second kappa shape index (κ2) is 9.23. The number of carbonyl (C=O) groups is 1. The third-order valence-electron chi connectivity index (χ3n) is 3.21. The quantitative estimate of drug-likeness (QED) is 0.729. The third kappa shape index (κ3) is 6.04. The summed E-state index contributed by atoms with van der Waals surface area (Å²) in [5.41, 5.74) is 6.98. The summed E-state index contributed by atoms with van der Waals surface area (Å²) in [4.78, 5) is 11.6. The molecule has 1 amide bonds. The second-order valence-corrected chi connectivity index (χ2v) is 4.98. The van der Waals surface area contributed by atoms with E-state index in [0.29, 0.717) is 18.7 Å². The smallest absolute Gasteiger partial charge is 0.257 e. The molecule has 5 heteroatoms. The van der Waals surface area contributed by atoms with E-state index in [9.17, 15) is 4.79 Å². The maximum atomic E-state index is 11.6. The van der Waals surface area contributed by atoms with E-state index in [1.807, 2.05) is 32.0 Å². The first-order valence-electron chi connectivity index (χ1n) is 7.42. The number of hydrogen-bond acceptors (Lipinski definition) is 4. The van der Waals surface area contributed by atoms with E-state index < -0.39 is 0 Å². The summed E-state index contributed by atoms with van der Waals surface area (Å²) in [6.45, 7) is 4.73. The second-order valence-electron chi connectivity index (χ2n) is 4.98. The van der Waals surface area contributed by atoms with Crippen LogP contribution in [0.5, 0.6) is 11.5 Å². The van der Waals surface area contributed by atoms with Gasteiger partial charge in [-0.1, -0.05) is 13.8 Å². The highest BCUT2D eigenvalue weighted by Crippen LogP contribution is 2.25. The van der Waals surface area contributed by atoms with Crippen molar-refractivity contribution in [3.8, 4) is 11.5 Å². The van der Waals surface area contributed by atoms with Gasteiger partial charge in [-0.05, 0) is 43.0 Å². The minimum absolute atomic E-state index is 0.0146. The molecule has 1 atom stereocenters. The molecule has 0 spiro atoms. The van der Waals surface area contributed by atoms with Crippen LogP contribution in [0.2, 0.25) is 0 Å². The Morgan fingerprint density at radius 1 is 1.38 bits per heavy atom. The Hall–Kier alpha value is -1.75. The van der Waals surface area contributed by atoms with Gasteiger partial charge in [0.25, 0.3) is 5.91 Å². The van der Waals surface area contributed by atoms with Crippen molar-refractivity contribution in [2.75, 3.05) is 20.3 Å². The molecule has 0 fully saturated rings. The molecule has 1 unspecified atom stereocenters. The Morgan fingerprint density at radius 2 is 2.14 bits per heavy atom. The van der Waals surface area contributed by atoms with Crippen LogP contribution in [-0.4, -0.2) is 32.2 Å². The highest BCUT2D eigenvalue weighted by Gasteiger charge is 2.11. The van der Waals surface area contributed by atoms with Crippen molar-refractivity contribution in [2.45, 2.75) is 39.2 Å². The van der Waals surface area contributed by atoms with Crippen LogP contribution in [0, 0.1) is 0 Å². The lowest BCUT2D eigenvalue weighted by molar-refractivity contribution is -0.123. The van der Waals surface area contributed by atoms with E-state index in [1.54, 1.807) is 7.11 Å². The molecular weight excluding hydrogens is 268 g/mol. The highest BCUT2D eigenvalue weighted by molar-refractivity contribution is 5.77. The summed E-state index contributed by atoms with van der Waals surface area (Å²) in [5.74, 6) is 1.33. The van der Waals surface area contributed by atoms with Crippen LogP contribution >= 0.6 is 0 Å². The minimum Gasteiger partial charge on any atom is -0.497 e. The zero-order valence-corrected chi connectivity index (χ0v) is 13.1. The van der Waals surface area contributed by atoms with Crippen molar-refractivity contribution in [3.63, 3.8) is 0 Å². The van der Waals surface area contributed by atoms with Gasteiger partial charge in [0.05, 0.1) is 7.11 Å². The Balaban J connectivity index is 2.72. The van der Waals surface area contributed by atoms with Crippen molar-refractivity contribution < 1.29 is 14.3 Å². The first-order valence-corrected chi connectivity index (χ1v) is 7.42. The van der Waals surface area contributed by atoms with Crippen LogP contribution in [0.4, 0.5) is 0 Å². The van der Waals surface area contributed by atoms with Crippen LogP contribution in [-0.2, 0) is 11.2 Å². The van der Waals surface area contributed by atoms with Crippen molar-refractivity contribution in [2.24, 2.45) is 5.73 Å². The lowest BCUT2D eigenvalue weighted by atomic mass is 10.0. The molecule has 118 valence electrons. The Kier molecular flexibility index (Phi) is 7.61. The lowest BCUT2D eigenvalue weighted by Crippen LogP contribution is -2.29. The number of ether oxygens (including phenoxy) is 2. The Morgan fingerprint density at radius 3 is 2.76 bits per heavy atom. The summed E-state index contributed by atoms with van der Waals surface area (Å²) in [7, 11) is 1.62. The molecule has 0 aliphatic heterocycles. The van der Waals surface area contributed by atoms with Crippen LogP contribution in [0.1, 0.15) is 32.3 Å². The summed E-state index contributed by atoms with van der Waals surface area (Å²) in [6, 6.07) is 5.62. The van der Waals surface area contributed by atoms with Gasteiger partial charge in [0.1, 0.15) is 11.5 Å². The number of methoxy groups -OCH3 is 1. The average Bonchev–Trinajstić information content (AvgIpc) is 2.51. The fourth-order valence-electron chi connectivity index (χ4n) is 1.87. The molecule has 0 saturated heterocycles. The van der Waals surface area contributed by atoms with Gasteiger partial charge in [0, 0.05) is 12.6 Å². The Labute approximate surface area is 126 Å². The summed E-state index contributed by atoms with van der Waals surface area (Å²) in [6.07, 6.45) is 2.48. The van der Waals surface area contributed by atoms with Gasteiger partial charge in [0.15, 0.2) is 6.61 Å². The molecule has 1 aromatic carbocycles. The van der Waals surface area contributed by atoms with Crippen molar-refractivity contribution >= 4 is 5.91 Å². The maximum Gasteiger partial charge on any atom is 0.257 e. The fraction of sp³-hybridized carbons (Fsp3) is 0.562. The molecule has 1 aromatic rings. The van der Waals surface area contributed by atoms with Gasteiger partial charge < -0.3 is 20.5 Å². The molecule has 0 bridgehead atoms. The number of rotatable bonds is 9. The van der Waals surface area contributed by atoms with Crippen LogP contribution in [0.15, 0.2) is 18.2 Å². The molecule has 0 saturated carbocycles. The van der Waals surface area contributed by atoms with E-state index in [2.05, 4.69) is 5.32 Å². The molecule has 21 heavy (non-hydrogen) atoms.